The molecule has 2 rings (SSSR count). The Labute approximate surface area is 153 Å². The molecule has 0 spiro atoms. The van der Waals surface area contributed by atoms with Gasteiger partial charge in [0.15, 0.2) is 0 Å². The van der Waals surface area contributed by atoms with Crippen LogP contribution in [0, 0.1) is 5.82 Å². The van der Waals surface area contributed by atoms with Crippen LogP contribution in [0.4, 0.5) is 10.1 Å². The van der Waals surface area contributed by atoms with Crippen LogP contribution in [0.5, 0.6) is 0 Å². The number of piperidine rings is 1. The number of nitrogens with one attached hydrogen (secondary N) is 1. The zero-order chi connectivity index (χ0) is 17.5. The summed E-state index contributed by atoms with van der Waals surface area (Å²) in [6.07, 6.45) is 1.65. The Bertz CT molecular complexity index is 580. The quantitative estimate of drug-likeness (QED) is 0.765. The molecular weight excluding hydrogens is 349 g/mol. The van der Waals surface area contributed by atoms with E-state index in [9.17, 15) is 14.0 Å². The molecule has 1 heterocycles. The maximum absolute atomic E-state index is 13.5. The highest BCUT2D eigenvalue weighted by Gasteiger charge is 2.25. The minimum Gasteiger partial charge on any atom is -0.480 e. The molecule has 1 fully saturated rings. The first-order valence-electron chi connectivity index (χ1n) is 8.22. The van der Waals surface area contributed by atoms with E-state index in [-0.39, 0.29) is 43.1 Å². The smallest absolute Gasteiger partial charge is 0.317 e. The zero-order valence-corrected chi connectivity index (χ0v) is 15.1. The van der Waals surface area contributed by atoms with Gasteiger partial charge in [-0.3, -0.25) is 19.4 Å². The molecular formula is C17H25ClFN3O3. The van der Waals surface area contributed by atoms with Crippen LogP contribution in [-0.4, -0.2) is 65.5 Å². The van der Waals surface area contributed by atoms with Gasteiger partial charge in [0.2, 0.25) is 5.91 Å². The molecule has 1 amide bonds. The van der Waals surface area contributed by atoms with Crippen molar-refractivity contribution in [2.24, 2.45) is 0 Å². The molecule has 8 heteroatoms. The lowest BCUT2D eigenvalue weighted by atomic mass is 10.0. The number of nitrogens with zero attached hydrogens (tertiary/aromatic N) is 2. The third kappa shape index (κ3) is 6.61. The van der Waals surface area contributed by atoms with Crippen molar-refractivity contribution in [3.63, 3.8) is 0 Å². The van der Waals surface area contributed by atoms with Crippen LogP contribution in [0.2, 0.25) is 0 Å². The molecule has 1 aromatic carbocycles. The van der Waals surface area contributed by atoms with Crippen molar-refractivity contribution in [3.8, 4) is 0 Å². The summed E-state index contributed by atoms with van der Waals surface area (Å²) in [5, 5.41) is 11.5. The zero-order valence-electron chi connectivity index (χ0n) is 14.3. The first kappa shape index (κ1) is 21.3. The number of likely N-dealkylation sites (N-methyl/N-ethyl adjacent to an activating group) is 1. The van der Waals surface area contributed by atoms with Crippen LogP contribution in [-0.2, 0) is 9.59 Å². The summed E-state index contributed by atoms with van der Waals surface area (Å²) < 4.78 is 13.5. The van der Waals surface area contributed by atoms with Crippen LogP contribution in [0.25, 0.3) is 0 Å². The molecule has 140 valence electrons. The third-order valence-corrected chi connectivity index (χ3v) is 4.33. The van der Waals surface area contributed by atoms with Crippen LogP contribution < -0.4 is 5.32 Å². The highest BCUT2D eigenvalue weighted by molar-refractivity contribution is 5.92. The average molecular weight is 374 g/mol. The Kier molecular flexibility index (Phi) is 8.82. The number of carboxylic acids is 1. The van der Waals surface area contributed by atoms with Gasteiger partial charge < -0.3 is 10.4 Å². The molecule has 0 radical (unpaired) electrons. The summed E-state index contributed by atoms with van der Waals surface area (Å²) in [5.41, 5.74) is 0.191. The van der Waals surface area contributed by atoms with Gasteiger partial charge in [0, 0.05) is 19.1 Å². The van der Waals surface area contributed by atoms with Crippen molar-refractivity contribution < 1.29 is 19.1 Å². The van der Waals surface area contributed by atoms with E-state index < -0.39 is 11.8 Å². The molecule has 1 aromatic rings. The van der Waals surface area contributed by atoms with E-state index >= 15 is 0 Å². The molecule has 25 heavy (non-hydrogen) atoms. The molecule has 1 aliphatic heterocycles. The van der Waals surface area contributed by atoms with Gasteiger partial charge in [0.05, 0.1) is 18.8 Å². The SMILES string of the molecule is CCN(CC(=O)O)C1CCN(CC(=O)Nc2ccccc2F)CC1.Cl. The second-order valence-electron chi connectivity index (χ2n) is 5.99. The number of aliphatic carboxylic acids is 1. The van der Waals surface area contributed by atoms with Crippen LogP contribution in [0.15, 0.2) is 24.3 Å². The molecule has 0 aromatic heterocycles. The van der Waals surface area contributed by atoms with Gasteiger partial charge in [-0.05, 0) is 31.5 Å². The number of hydrogen-bond acceptors (Lipinski definition) is 4. The van der Waals surface area contributed by atoms with Crippen molar-refractivity contribution >= 4 is 30.0 Å². The van der Waals surface area contributed by atoms with Gasteiger partial charge in [0.25, 0.3) is 0 Å². The van der Waals surface area contributed by atoms with Gasteiger partial charge in [-0.1, -0.05) is 19.1 Å². The maximum atomic E-state index is 13.5. The van der Waals surface area contributed by atoms with Crippen LogP contribution in [0.3, 0.4) is 0 Å². The highest BCUT2D eigenvalue weighted by Crippen LogP contribution is 2.17. The molecule has 1 aliphatic rings. The number of halogens is 2. The maximum Gasteiger partial charge on any atom is 0.317 e. The van der Waals surface area contributed by atoms with E-state index in [0.29, 0.717) is 6.54 Å². The minimum absolute atomic E-state index is 0. The normalized spacial score (nSPS) is 15.6. The fourth-order valence-corrected chi connectivity index (χ4v) is 3.07. The third-order valence-electron chi connectivity index (χ3n) is 4.33. The van der Waals surface area contributed by atoms with Crippen molar-refractivity contribution in [1.82, 2.24) is 9.80 Å². The lowest BCUT2D eigenvalue weighted by Gasteiger charge is -2.37. The second-order valence-corrected chi connectivity index (χ2v) is 5.99. The summed E-state index contributed by atoms with van der Waals surface area (Å²) in [6, 6.07) is 6.32. The van der Waals surface area contributed by atoms with Gasteiger partial charge in [-0.25, -0.2) is 4.39 Å². The molecule has 6 nitrogen and oxygen atoms in total. The number of hydrogen-bond donors (Lipinski definition) is 2. The lowest BCUT2D eigenvalue weighted by molar-refractivity contribution is -0.139. The summed E-state index contributed by atoms with van der Waals surface area (Å²) >= 11 is 0. The van der Waals surface area contributed by atoms with E-state index in [1.807, 2.05) is 16.7 Å². The Morgan fingerprint density at radius 1 is 1.32 bits per heavy atom. The average Bonchev–Trinajstić information content (AvgIpc) is 2.55. The molecule has 0 bridgehead atoms. The van der Waals surface area contributed by atoms with Crippen LogP contribution >= 0.6 is 12.4 Å². The van der Waals surface area contributed by atoms with E-state index in [0.717, 1.165) is 25.9 Å². The fourth-order valence-electron chi connectivity index (χ4n) is 3.07. The molecule has 0 aliphatic carbocycles. The molecule has 0 atom stereocenters. The Morgan fingerprint density at radius 3 is 2.52 bits per heavy atom. The summed E-state index contributed by atoms with van der Waals surface area (Å²) in [6.45, 7) is 4.37. The van der Waals surface area contributed by atoms with Crippen molar-refractivity contribution in [3.05, 3.63) is 30.1 Å². The van der Waals surface area contributed by atoms with Gasteiger partial charge >= 0.3 is 5.97 Å². The molecule has 0 unspecified atom stereocenters. The van der Waals surface area contributed by atoms with Gasteiger partial charge in [-0.15, -0.1) is 12.4 Å². The Morgan fingerprint density at radius 2 is 1.96 bits per heavy atom. The largest absolute Gasteiger partial charge is 0.480 e. The highest BCUT2D eigenvalue weighted by atomic mass is 35.5. The van der Waals surface area contributed by atoms with E-state index in [2.05, 4.69) is 5.32 Å². The van der Waals surface area contributed by atoms with Crippen molar-refractivity contribution in [2.45, 2.75) is 25.8 Å². The minimum atomic E-state index is -0.816. The first-order valence-corrected chi connectivity index (χ1v) is 8.22. The van der Waals surface area contributed by atoms with E-state index in [4.69, 9.17) is 5.11 Å². The van der Waals surface area contributed by atoms with Gasteiger partial charge in [0.1, 0.15) is 5.82 Å². The monoisotopic (exact) mass is 373 g/mol. The van der Waals surface area contributed by atoms with Crippen molar-refractivity contribution in [1.29, 1.82) is 0 Å². The summed E-state index contributed by atoms with van der Waals surface area (Å²) in [7, 11) is 0. The number of benzene rings is 1. The fraction of sp³-hybridized carbons (Fsp3) is 0.529. The topological polar surface area (TPSA) is 72.9 Å². The molecule has 1 saturated heterocycles. The number of carbonyl (C=O) groups excluding carboxylic acids is 1. The Balaban J connectivity index is 0.00000312. The number of carboxylic acid groups (broad SMARTS) is 1. The predicted octanol–water partition coefficient (Wildman–Crippen LogP) is 2.06. The first-order chi connectivity index (χ1) is 11.5. The van der Waals surface area contributed by atoms with Crippen molar-refractivity contribution in [2.75, 3.05) is 38.0 Å². The Hall–Kier alpha value is -1.70. The van der Waals surface area contributed by atoms with Crippen LogP contribution in [0.1, 0.15) is 19.8 Å². The van der Waals surface area contributed by atoms with Gasteiger partial charge in [-0.2, -0.15) is 0 Å². The molecule has 2 N–H and O–H groups in total. The number of amides is 1. The van der Waals surface area contributed by atoms with E-state index in [1.54, 1.807) is 12.1 Å². The number of carbonyl (C=O) groups is 2. The second kappa shape index (κ2) is 10.3. The lowest BCUT2D eigenvalue weighted by Crippen LogP contribution is -2.48. The number of anilines is 1. The van der Waals surface area contributed by atoms with E-state index in [1.165, 1.54) is 12.1 Å². The molecule has 0 saturated carbocycles. The summed E-state index contributed by atoms with van der Waals surface area (Å²) in [4.78, 5) is 26.9. The number of rotatable bonds is 7. The standard InChI is InChI=1S/C17H24FN3O3.ClH/c1-2-21(12-17(23)24)13-7-9-20(10-8-13)11-16(22)19-15-6-4-3-5-14(15)18;/h3-6,13H,2,7-12H2,1H3,(H,19,22)(H,23,24);1H. The number of likely N-dealkylation sites (tertiary alicyclic amines) is 1. The predicted molar refractivity (Wildman–Crippen MR) is 96.6 cm³/mol. The number of para-hydroxylation sites is 1. The summed E-state index contributed by atoms with van der Waals surface area (Å²) in [5.74, 6) is -1.50.